The number of hydrogen-bond acceptors (Lipinski definition) is 3. The van der Waals surface area contributed by atoms with Crippen molar-refractivity contribution >= 4 is 21.6 Å². The largest absolute Gasteiger partial charge is 0.395 e. The fourth-order valence-electron chi connectivity index (χ4n) is 1.80. The fourth-order valence-corrected chi connectivity index (χ4v) is 3.73. The molecule has 1 aliphatic carbocycles. The molecule has 0 spiro atoms. The van der Waals surface area contributed by atoms with Crippen molar-refractivity contribution in [2.75, 3.05) is 13.7 Å². The van der Waals surface area contributed by atoms with Crippen molar-refractivity contribution in [3.05, 3.63) is 28.8 Å². The standard InChI is InChI=1S/C14H16ClNO3S/c1-16(12-6-7-12)20(18,19)14-8-5-11(10-13(14)15)4-2-3-9-17/h5,8,10,12,17H,3,6-7,9H2,1H3. The molecule has 0 amide bonds. The Bertz CT molecular complexity index is 657. The number of rotatable bonds is 4. The highest BCUT2D eigenvalue weighted by Gasteiger charge is 2.35. The van der Waals surface area contributed by atoms with Crippen molar-refractivity contribution in [3.8, 4) is 11.8 Å². The van der Waals surface area contributed by atoms with Crippen molar-refractivity contribution in [2.45, 2.75) is 30.2 Å². The normalized spacial score (nSPS) is 15.0. The van der Waals surface area contributed by atoms with Crippen LogP contribution in [0, 0.1) is 11.8 Å². The van der Waals surface area contributed by atoms with Crippen LogP contribution in [0.3, 0.4) is 0 Å². The molecule has 1 fully saturated rings. The van der Waals surface area contributed by atoms with E-state index in [-0.39, 0.29) is 22.6 Å². The summed E-state index contributed by atoms with van der Waals surface area (Å²) in [6.45, 7) is -0.000617. The number of hydrogen-bond donors (Lipinski definition) is 1. The van der Waals surface area contributed by atoms with E-state index in [0.29, 0.717) is 12.0 Å². The number of sulfonamides is 1. The zero-order valence-electron chi connectivity index (χ0n) is 11.1. The Morgan fingerprint density at radius 1 is 1.45 bits per heavy atom. The van der Waals surface area contributed by atoms with Crippen molar-refractivity contribution in [3.63, 3.8) is 0 Å². The molecule has 1 N–H and O–H groups in total. The Kier molecular flexibility index (Phi) is 4.71. The van der Waals surface area contributed by atoms with E-state index in [9.17, 15) is 8.42 Å². The summed E-state index contributed by atoms with van der Waals surface area (Å²) in [4.78, 5) is 0.112. The molecule has 1 aliphatic rings. The molecule has 0 atom stereocenters. The van der Waals surface area contributed by atoms with Gasteiger partial charge in [0.05, 0.1) is 11.6 Å². The maximum Gasteiger partial charge on any atom is 0.244 e. The first kappa shape index (κ1) is 15.3. The summed E-state index contributed by atoms with van der Waals surface area (Å²) >= 11 is 6.07. The van der Waals surface area contributed by atoms with Crippen molar-refractivity contribution in [1.82, 2.24) is 4.31 Å². The summed E-state index contributed by atoms with van der Waals surface area (Å²) in [7, 11) is -1.95. The Morgan fingerprint density at radius 2 is 2.15 bits per heavy atom. The molecule has 0 saturated heterocycles. The van der Waals surface area contributed by atoms with E-state index in [0.717, 1.165) is 12.8 Å². The molecule has 4 nitrogen and oxygen atoms in total. The summed E-state index contributed by atoms with van der Waals surface area (Å²) in [5.74, 6) is 5.60. The number of benzene rings is 1. The van der Waals surface area contributed by atoms with Crippen LogP contribution in [-0.2, 0) is 10.0 Å². The Balaban J connectivity index is 2.28. The summed E-state index contributed by atoms with van der Waals surface area (Å²) in [6, 6.07) is 4.75. The lowest BCUT2D eigenvalue weighted by molar-refractivity contribution is 0.305. The van der Waals surface area contributed by atoms with Crippen molar-refractivity contribution < 1.29 is 13.5 Å². The van der Waals surface area contributed by atoms with E-state index >= 15 is 0 Å². The molecule has 1 aromatic carbocycles. The number of aliphatic hydroxyl groups is 1. The predicted molar refractivity (Wildman–Crippen MR) is 78.0 cm³/mol. The van der Waals surface area contributed by atoms with E-state index in [4.69, 9.17) is 16.7 Å². The average molecular weight is 314 g/mol. The van der Waals surface area contributed by atoms with Crippen molar-refractivity contribution in [1.29, 1.82) is 0 Å². The number of nitrogens with zero attached hydrogens (tertiary/aromatic N) is 1. The quantitative estimate of drug-likeness (QED) is 0.863. The van der Waals surface area contributed by atoms with Crippen LogP contribution in [0.4, 0.5) is 0 Å². The molecular formula is C14H16ClNO3S. The van der Waals surface area contributed by atoms with E-state index < -0.39 is 10.0 Å². The molecule has 1 aromatic rings. The van der Waals surface area contributed by atoms with Crippen LogP contribution in [0.15, 0.2) is 23.1 Å². The molecule has 20 heavy (non-hydrogen) atoms. The monoisotopic (exact) mass is 313 g/mol. The molecule has 0 radical (unpaired) electrons. The van der Waals surface area contributed by atoms with Crippen LogP contribution in [0.5, 0.6) is 0 Å². The first-order valence-electron chi connectivity index (χ1n) is 6.34. The van der Waals surface area contributed by atoms with Gasteiger partial charge in [-0.05, 0) is 31.0 Å². The first-order chi connectivity index (χ1) is 9.46. The maximum absolute atomic E-state index is 12.4. The van der Waals surface area contributed by atoms with Crippen LogP contribution in [0.2, 0.25) is 5.02 Å². The topological polar surface area (TPSA) is 57.6 Å². The Labute approximate surface area is 124 Å². The Hall–Kier alpha value is -1.06. The molecule has 108 valence electrons. The third kappa shape index (κ3) is 3.33. The molecule has 0 unspecified atom stereocenters. The minimum atomic E-state index is -3.54. The van der Waals surface area contributed by atoms with Gasteiger partial charge in [0.25, 0.3) is 0 Å². The fraction of sp³-hybridized carbons (Fsp3) is 0.429. The van der Waals surface area contributed by atoms with Crippen LogP contribution >= 0.6 is 11.6 Å². The lowest BCUT2D eigenvalue weighted by atomic mass is 10.2. The van der Waals surface area contributed by atoms with Gasteiger partial charge in [-0.3, -0.25) is 0 Å². The lowest BCUT2D eigenvalue weighted by Gasteiger charge is -2.17. The van der Waals surface area contributed by atoms with Gasteiger partial charge in [-0.25, -0.2) is 8.42 Å². The molecule has 2 rings (SSSR count). The van der Waals surface area contributed by atoms with E-state index in [2.05, 4.69) is 11.8 Å². The van der Waals surface area contributed by atoms with Crippen LogP contribution < -0.4 is 0 Å². The van der Waals surface area contributed by atoms with Gasteiger partial charge in [-0.1, -0.05) is 23.4 Å². The minimum Gasteiger partial charge on any atom is -0.395 e. The van der Waals surface area contributed by atoms with Gasteiger partial charge in [-0.2, -0.15) is 4.31 Å². The molecule has 0 bridgehead atoms. The van der Waals surface area contributed by atoms with Crippen LogP contribution in [0.1, 0.15) is 24.8 Å². The highest BCUT2D eigenvalue weighted by molar-refractivity contribution is 7.89. The zero-order valence-corrected chi connectivity index (χ0v) is 12.7. The van der Waals surface area contributed by atoms with Gasteiger partial charge in [0.1, 0.15) is 4.90 Å². The van der Waals surface area contributed by atoms with E-state index in [1.54, 1.807) is 19.2 Å². The highest BCUT2D eigenvalue weighted by Crippen LogP contribution is 2.33. The lowest BCUT2D eigenvalue weighted by Crippen LogP contribution is -2.29. The molecule has 1 saturated carbocycles. The first-order valence-corrected chi connectivity index (χ1v) is 8.16. The summed E-state index contributed by atoms with van der Waals surface area (Å²) in [6.07, 6.45) is 2.18. The molecule has 0 aromatic heterocycles. The predicted octanol–water partition coefficient (Wildman–Crippen LogP) is 1.86. The van der Waals surface area contributed by atoms with Crippen LogP contribution in [0.25, 0.3) is 0 Å². The summed E-state index contributed by atoms with van der Waals surface area (Å²) in [5.41, 5.74) is 0.636. The number of aliphatic hydroxyl groups excluding tert-OH is 1. The molecule has 0 heterocycles. The van der Waals surface area contributed by atoms with Gasteiger partial charge >= 0.3 is 0 Å². The third-order valence-corrected chi connectivity index (χ3v) is 5.51. The zero-order chi connectivity index (χ0) is 14.8. The summed E-state index contributed by atoms with van der Waals surface area (Å²) in [5, 5.41) is 8.83. The minimum absolute atomic E-state index is 0.000617. The molecule has 6 heteroatoms. The second kappa shape index (κ2) is 6.15. The smallest absolute Gasteiger partial charge is 0.244 e. The molecular weight excluding hydrogens is 298 g/mol. The SMILES string of the molecule is CN(C1CC1)S(=O)(=O)c1ccc(C#CCCO)cc1Cl. The highest BCUT2D eigenvalue weighted by atomic mass is 35.5. The van der Waals surface area contributed by atoms with Gasteiger partial charge in [0.15, 0.2) is 0 Å². The summed E-state index contributed by atoms with van der Waals surface area (Å²) < 4.78 is 26.1. The van der Waals surface area contributed by atoms with Gasteiger partial charge in [0.2, 0.25) is 10.0 Å². The second-order valence-electron chi connectivity index (χ2n) is 4.67. The van der Waals surface area contributed by atoms with Gasteiger partial charge < -0.3 is 5.11 Å². The maximum atomic E-state index is 12.4. The van der Waals surface area contributed by atoms with E-state index in [1.165, 1.54) is 10.4 Å². The van der Waals surface area contributed by atoms with E-state index in [1.807, 2.05) is 0 Å². The third-order valence-electron chi connectivity index (χ3n) is 3.12. The van der Waals surface area contributed by atoms with Crippen LogP contribution in [-0.4, -0.2) is 37.5 Å². The Morgan fingerprint density at radius 3 is 2.70 bits per heavy atom. The van der Waals surface area contributed by atoms with Gasteiger partial charge in [0, 0.05) is 25.1 Å². The number of halogens is 1. The van der Waals surface area contributed by atoms with Gasteiger partial charge in [-0.15, -0.1) is 0 Å². The van der Waals surface area contributed by atoms with Crippen molar-refractivity contribution in [2.24, 2.45) is 0 Å². The molecule has 0 aliphatic heterocycles. The average Bonchev–Trinajstić information content (AvgIpc) is 3.22. The second-order valence-corrected chi connectivity index (χ2v) is 7.05.